The van der Waals surface area contributed by atoms with Crippen molar-refractivity contribution < 1.29 is 9.53 Å². The summed E-state index contributed by atoms with van der Waals surface area (Å²) in [5.41, 5.74) is 10.8. The minimum Gasteiger partial charge on any atom is -0.431 e. The average Bonchev–Trinajstić information content (AvgIpc) is 3.15. The first kappa shape index (κ1) is 18.4. The van der Waals surface area contributed by atoms with Crippen molar-refractivity contribution in [2.24, 2.45) is 0 Å². The third-order valence-electron chi connectivity index (χ3n) is 4.69. The SMILES string of the molecule is Cc1ccccc1/C(=C(/Cn1cnc2c(N)ncnc21)OC=O)c1ccccc1. The van der Waals surface area contributed by atoms with Crippen molar-refractivity contribution in [2.45, 2.75) is 13.5 Å². The highest BCUT2D eigenvalue weighted by Crippen LogP contribution is 2.31. The van der Waals surface area contributed by atoms with Crippen LogP contribution in [0, 0.1) is 6.92 Å². The van der Waals surface area contributed by atoms with Crippen molar-refractivity contribution in [3.63, 3.8) is 0 Å². The van der Waals surface area contributed by atoms with Crippen molar-refractivity contribution in [1.29, 1.82) is 0 Å². The Balaban J connectivity index is 1.92. The predicted octanol–water partition coefficient (Wildman–Crippen LogP) is 3.35. The maximum absolute atomic E-state index is 11.4. The highest BCUT2D eigenvalue weighted by atomic mass is 16.5. The molecule has 0 bridgehead atoms. The standard InChI is InChI=1S/C22H19N5O2/c1-15-7-5-6-10-17(15)19(16-8-3-2-4-9-16)18(29-14-28)11-27-13-26-20-21(23)24-12-25-22(20)27/h2-10,12-14H,11H2,1H3,(H2,23,24,25)/b19-18-. The van der Waals surface area contributed by atoms with E-state index in [1.54, 1.807) is 10.9 Å². The van der Waals surface area contributed by atoms with E-state index in [2.05, 4.69) is 15.0 Å². The van der Waals surface area contributed by atoms with Crippen LogP contribution < -0.4 is 5.73 Å². The van der Waals surface area contributed by atoms with Crippen LogP contribution in [0.2, 0.25) is 0 Å². The number of nitrogen functional groups attached to an aromatic ring is 1. The molecule has 0 aliphatic heterocycles. The van der Waals surface area contributed by atoms with Gasteiger partial charge in [-0.15, -0.1) is 0 Å². The van der Waals surface area contributed by atoms with Crippen molar-refractivity contribution in [2.75, 3.05) is 5.73 Å². The minimum absolute atomic E-state index is 0.254. The highest BCUT2D eigenvalue weighted by molar-refractivity contribution is 5.84. The molecule has 7 heteroatoms. The van der Waals surface area contributed by atoms with Gasteiger partial charge in [-0.3, -0.25) is 4.79 Å². The van der Waals surface area contributed by atoms with Gasteiger partial charge in [0.2, 0.25) is 0 Å². The van der Waals surface area contributed by atoms with E-state index in [1.807, 2.05) is 61.5 Å². The second-order valence-corrected chi connectivity index (χ2v) is 6.50. The van der Waals surface area contributed by atoms with Crippen molar-refractivity contribution in [3.8, 4) is 0 Å². The van der Waals surface area contributed by atoms with Gasteiger partial charge in [-0.2, -0.15) is 0 Å². The number of hydrogen-bond acceptors (Lipinski definition) is 6. The molecule has 0 unspecified atom stereocenters. The Morgan fingerprint density at radius 1 is 1.07 bits per heavy atom. The van der Waals surface area contributed by atoms with Crippen LogP contribution in [-0.2, 0) is 16.1 Å². The van der Waals surface area contributed by atoms with Gasteiger partial charge in [0.15, 0.2) is 11.5 Å². The van der Waals surface area contributed by atoms with Crippen LogP contribution in [-0.4, -0.2) is 26.0 Å². The highest BCUT2D eigenvalue weighted by Gasteiger charge is 2.18. The van der Waals surface area contributed by atoms with E-state index in [0.717, 1.165) is 22.3 Å². The van der Waals surface area contributed by atoms with Gasteiger partial charge in [0.1, 0.15) is 17.6 Å². The molecule has 0 aliphatic carbocycles. The lowest BCUT2D eigenvalue weighted by Gasteiger charge is -2.17. The van der Waals surface area contributed by atoms with Crippen molar-refractivity contribution in [1.82, 2.24) is 19.5 Å². The zero-order valence-corrected chi connectivity index (χ0v) is 15.8. The van der Waals surface area contributed by atoms with Gasteiger partial charge >= 0.3 is 0 Å². The average molecular weight is 385 g/mol. The topological polar surface area (TPSA) is 95.9 Å². The molecule has 0 aliphatic rings. The minimum atomic E-state index is 0.254. The van der Waals surface area contributed by atoms with Crippen LogP contribution in [0.1, 0.15) is 16.7 Å². The molecule has 2 N–H and O–H groups in total. The first-order valence-electron chi connectivity index (χ1n) is 9.05. The normalized spacial score (nSPS) is 11.9. The Morgan fingerprint density at radius 2 is 1.83 bits per heavy atom. The summed E-state index contributed by atoms with van der Waals surface area (Å²) in [6, 6.07) is 17.8. The molecule has 0 atom stereocenters. The lowest BCUT2D eigenvalue weighted by molar-refractivity contribution is -0.125. The van der Waals surface area contributed by atoms with E-state index in [1.165, 1.54) is 6.33 Å². The number of carbonyl (C=O) groups is 1. The molecule has 29 heavy (non-hydrogen) atoms. The summed E-state index contributed by atoms with van der Waals surface area (Å²) < 4.78 is 7.28. The molecule has 7 nitrogen and oxygen atoms in total. The zero-order valence-electron chi connectivity index (χ0n) is 15.8. The fourth-order valence-corrected chi connectivity index (χ4v) is 3.33. The number of anilines is 1. The van der Waals surface area contributed by atoms with Gasteiger partial charge in [0.25, 0.3) is 6.47 Å². The molecule has 0 fully saturated rings. The molecule has 0 spiro atoms. The van der Waals surface area contributed by atoms with Gasteiger partial charge in [-0.05, 0) is 23.6 Å². The predicted molar refractivity (Wildman–Crippen MR) is 111 cm³/mol. The van der Waals surface area contributed by atoms with Gasteiger partial charge in [-0.1, -0.05) is 54.6 Å². The van der Waals surface area contributed by atoms with Crippen LogP contribution >= 0.6 is 0 Å². The van der Waals surface area contributed by atoms with Crippen LogP contribution in [0.25, 0.3) is 16.7 Å². The molecule has 0 amide bonds. The number of aryl methyl sites for hydroxylation is 1. The summed E-state index contributed by atoms with van der Waals surface area (Å²) in [6.45, 7) is 2.72. The van der Waals surface area contributed by atoms with Gasteiger partial charge in [0, 0.05) is 5.57 Å². The Morgan fingerprint density at radius 3 is 2.59 bits per heavy atom. The summed E-state index contributed by atoms with van der Waals surface area (Å²) in [5.74, 6) is 0.787. The lowest BCUT2D eigenvalue weighted by atomic mass is 9.93. The molecule has 2 heterocycles. The second kappa shape index (κ2) is 7.93. The van der Waals surface area contributed by atoms with Crippen LogP contribution in [0.3, 0.4) is 0 Å². The molecule has 0 saturated carbocycles. The molecule has 4 rings (SSSR count). The summed E-state index contributed by atoms with van der Waals surface area (Å²) in [7, 11) is 0. The molecule has 4 aromatic rings. The summed E-state index contributed by atoms with van der Waals surface area (Å²) in [6.07, 6.45) is 3.00. The quantitative estimate of drug-likeness (QED) is 0.404. The number of ether oxygens (including phenoxy) is 1. The van der Waals surface area contributed by atoms with E-state index >= 15 is 0 Å². The first-order valence-corrected chi connectivity index (χ1v) is 9.05. The monoisotopic (exact) mass is 385 g/mol. The van der Waals surface area contributed by atoms with Crippen LogP contribution in [0.15, 0.2) is 73.0 Å². The van der Waals surface area contributed by atoms with Crippen molar-refractivity contribution in [3.05, 3.63) is 89.7 Å². The molecular formula is C22H19N5O2. The lowest BCUT2D eigenvalue weighted by Crippen LogP contribution is -2.08. The fourth-order valence-electron chi connectivity index (χ4n) is 3.33. The molecule has 2 aromatic heterocycles. The van der Waals surface area contributed by atoms with Gasteiger partial charge in [0.05, 0.1) is 12.9 Å². The molecular weight excluding hydrogens is 366 g/mol. The molecule has 0 radical (unpaired) electrons. The third-order valence-corrected chi connectivity index (χ3v) is 4.69. The number of aromatic nitrogens is 4. The summed E-state index contributed by atoms with van der Waals surface area (Å²) >= 11 is 0. The van der Waals surface area contributed by atoms with E-state index in [4.69, 9.17) is 10.5 Å². The number of allylic oxidation sites excluding steroid dienone is 1. The number of hydrogen-bond donors (Lipinski definition) is 1. The van der Waals surface area contributed by atoms with E-state index in [0.29, 0.717) is 29.2 Å². The molecule has 0 saturated heterocycles. The van der Waals surface area contributed by atoms with E-state index in [-0.39, 0.29) is 6.54 Å². The Labute approximate surface area is 167 Å². The number of rotatable bonds is 6. The van der Waals surface area contributed by atoms with Gasteiger partial charge < -0.3 is 15.0 Å². The van der Waals surface area contributed by atoms with Crippen LogP contribution in [0.5, 0.6) is 0 Å². The number of fused-ring (bicyclic) bond motifs is 1. The van der Waals surface area contributed by atoms with E-state index in [9.17, 15) is 4.79 Å². The van der Waals surface area contributed by atoms with Crippen LogP contribution in [0.4, 0.5) is 5.82 Å². The number of nitrogens with zero attached hydrogens (tertiary/aromatic N) is 4. The summed E-state index contributed by atoms with van der Waals surface area (Å²) in [5, 5.41) is 0. The number of carbonyl (C=O) groups excluding carboxylic acids is 1. The second-order valence-electron chi connectivity index (χ2n) is 6.50. The van der Waals surface area contributed by atoms with E-state index < -0.39 is 0 Å². The molecule has 144 valence electrons. The fraction of sp³-hybridized carbons (Fsp3) is 0.0909. The maximum Gasteiger partial charge on any atom is 0.298 e. The maximum atomic E-state index is 11.4. The number of nitrogens with two attached hydrogens (primary N) is 1. The Kier molecular flexibility index (Phi) is 5.03. The van der Waals surface area contributed by atoms with Crippen molar-refractivity contribution >= 4 is 29.0 Å². The third kappa shape index (κ3) is 3.58. The smallest absolute Gasteiger partial charge is 0.298 e. The Bertz CT molecular complexity index is 1200. The van der Waals surface area contributed by atoms with Gasteiger partial charge in [-0.25, -0.2) is 15.0 Å². The number of imidazole rings is 1. The molecule has 2 aromatic carbocycles. The first-order chi connectivity index (χ1) is 14.2. The zero-order chi connectivity index (χ0) is 20.2. The Hall–Kier alpha value is -4.00. The number of benzene rings is 2. The largest absolute Gasteiger partial charge is 0.431 e. The summed E-state index contributed by atoms with van der Waals surface area (Å²) in [4.78, 5) is 23.9.